The van der Waals surface area contributed by atoms with Gasteiger partial charge in [-0.15, -0.1) is 0 Å². The highest BCUT2D eigenvalue weighted by atomic mass is 32.2. The van der Waals surface area contributed by atoms with Gasteiger partial charge < -0.3 is 24.4 Å². The van der Waals surface area contributed by atoms with Gasteiger partial charge in [0, 0.05) is 25.1 Å². The van der Waals surface area contributed by atoms with E-state index in [9.17, 15) is 18.0 Å². The van der Waals surface area contributed by atoms with Crippen LogP contribution in [0.25, 0.3) is 0 Å². The molecular weight excluding hydrogens is 546 g/mol. The van der Waals surface area contributed by atoms with Gasteiger partial charge in [-0.2, -0.15) is 0 Å². The van der Waals surface area contributed by atoms with Crippen LogP contribution in [0.4, 0.5) is 5.69 Å². The molecule has 1 aliphatic rings. The third-order valence-electron chi connectivity index (χ3n) is 6.51. The molecular formula is C30H35N3O7S. The Morgan fingerprint density at radius 3 is 2.34 bits per heavy atom. The summed E-state index contributed by atoms with van der Waals surface area (Å²) in [5.74, 6) is 0.584. The second-order valence-electron chi connectivity index (χ2n) is 10.0. The Morgan fingerprint density at radius 1 is 0.951 bits per heavy atom. The van der Waals surface area contributed by atoms with E-state index >= 15 is 0 Å². The number of sulfonamides is 1. The minimum Gasteiger partial charge on any atom is -0.497 e. The van der Waals surface area contributed by atoms with Gasteiger partial charge in [0.05, 0.1) is 19.1 Å². The lowest BCUT2D eigenvalue weighted by molar-refractivity contribution is -0.140. The van der Waals surface area contributed by atoms with Crippen LogP contribution in [0.2, 0.25) is 0 Å². The van der Waals surface area contributed by atoms with E-state index in [1.807, 2.05) is 50.2 Å². The number of anilines is 1. The molecule has 218 valence electrons. The van der Waals surface area contributed by atoms with Gasteiger partial charge in [-0.1, -0.05) is 42.5 Å². The van der Waals surface area contributed by atoms with Crippen molar-refractivity contribution in [3.63, 3.8) is 0 Å². The third-order valence-corrected chi connectivity index (χ3v) is 7.65. The largest absolute Gasteiger partial charge is 0.497 e. The standard InChI is InChI=1S/C30H35N3O7S/c1-21(2)31-30(35)26(16-22-9-6-5-7-10-22)32(18-23-11-8-12-25(15-23)38-3)29(34)19-33(41(4,36)37)24-13-14-27-28(17-24)40-20-39-27/h5-15,17,21,26H,16,18-20H2,1-4H3,(H,31,35)/t26-/m0/s1. The summed E-state index contributed by atoms with van der Waals surface area (Å²) in [6.07, 6.45) is 1.27. The zero-order valence-electron chi connectivity index (χ0n) is 23.6. The Hall–Kier alpha value is -4.25. The first kappa shape index (κ1) is 29.7. The van der Waals surface area contributed by atoms with Crippen molar-refractivity contribution in [2.24, 2.45) is 0 Å². The fourth-order valence-corrected chi connectivity index (χ4v) is 5.40. The van der Waals surface area contributed by atoms with E-state index in [-0.39, 0.29) is 37.4 Å². The molecule has 0 unspecified atom stereocenters. The number of nitrogens with zero attached hydrogens (tertiary/aromatic N) is 2. The second-order valence-corrected chi connectivity index (χ2v) is 12.0. The van der Waals surface area contributed by atoms with Crippen LogP contribution in [-0.2, 0) is 32.6 Å². The zero-order valence-corrected chi connectivity index (χ0v) is 24.4. The Kier molecular flexibility index (Phi) is 9.38. The topological polar surface area (TPSA) is 114 Å². The number of carbonyl (C=O) groups excluding carboxylic acids is 2. The highest BCUT2D eigenvalue weighted by Crippen LogP contribution is 2.36. The fourth-order valence-electron chi connectivity index (χ4n) is 4.56. The van der Waals surface area contributed by atoms with E-state index < -0.39 is 28.5 Å². The number of hydrogen-bond acceptors (Lipinski definition) is 7. The van der Waals surface area contributed by atoms with Crippen LogP contribution in [0.15, 0.2) is 72.8 Å². The van der Waals surface area contributed by atoms with Crippen LogP contribution in [0, 0.1) is 0 Å². The first-order valence-electron chi connectivity index (χ1n) is 13.2. The molecule has 3 aromatic carbocycles. The van der Waals surface area contributed by atoms with Crippen LogP contribution in [-0.4, -0.2) is 63.9 Å². The van der Waals surface area contributed by atoms with E-state index in [1.54, 1.807) is 37.4 Å². The summed E-state index contributed by atoms with van der Waals surface area (Å²) >= 11 is 0. The highest BCUT2D eigenvalue weighted by Gasteiger charge is 2.33. The number of hydrogen-bond donors (Lipinski definition) is 1. The predicted octanol–water partition coefficient (Wildman–Crippen LogP) is 3.35. The molecule has 0 aliphatic carbocycles. The van der Waals surface area contributed by atoms with Crippen molar-refractivity contribution < 1.29 is 32.2 Å². The molecule has 10 nitrogen and oxygen atoms in total. The Bertz CT molecular complexity index is 1480. The van der Waals surface area contributed by atoms with Gasteiger partial charge in [-0.25, -0.2) is 8.42 Å². The van der Waals surface area contributed by atoms with E-state index in [0.29, 0.717) is 17.2 Å². The first-order chi connectivity index (χ1) is 19.5. The number of benzene rings is 3. The summed E-state index contributed by atoms with van der Waals surface area (Å²) in [6, 6.07) is 20.2. The Morgan fingerprint density at radius 2 is 1.66 bits per heavy atom. The molecule has 1 aliphatic heterocycles. The van der Waals surface area contributed by atoms with Gasteiger partial charge in [0.2, 0.25) is 28.6 Å². The lowest BCUT2D eigenvalue weighted by Gasteiger charge is -2.34. The van der Waals surface area contributed by atoms with Gasteiger partial charge in [-0.3, -0.25) is 13.9 Å². The summed E-state index contributed by atoms with van der Waals surface area (Å²) in [5.41, 5.74) is 1.83. The molecule has 41 heavy (non-hydrogen) atoms. The molecule has 2 amide bonds. The highest BCUT2D eigenvalue weighted by molar-refractivity contribution is 7.92. The van der Waals surface area contributed by atoms with Crippen molar-refractivity contribution in [3.05, 3.63) is 83.9 Å². The molecule has 0 fully saturated rings. The average Bonchev–Trinajstić information content (AvgIpc) is 3.41. The normalized spacial score (nSPS) is 13.0. The second kappa shape index (κ2) is 12.9. The number of methoxy groups -OCH3 is 1. The predicted molar refractivity (Wildman–Crippen MR) is 156 cm³/mol. The summed E-state index contributed by atoms with van der Waals surface area (Å²) in [4.78, 5) is 29.2. The van der Waals surface area contributed by atoms with Gasteiger partial charge in [0.25, 0.3) is 0 Å². The molecule has 11 heteroatoms. The number of carbonyl (C=O) groups is 2. The van der Waals surface area contributed by atoms with Gasteiger partial charge in [0.15, 0.2) is 11.5 Å². The van der Waals surface area contributed by atoms with E-state index in [1.165, 1.54) is 11.0 Å². The zero-order chi connectivity index (χ0) is 29.6. The van der Waals surface area contributed by atoms with Crippen molar-refractivity contribution in [1.82, 2.24) is 10.2 Å². The lowest BCUT2D eigenvalue weighted by Crippen LogP contribution is -2.54. The molecule has 0 saturated heterocycles. The van der Waals surface area contributed by atoms with Gasteiger partial charge in [0.1, 0.15) is 18.3 Å². The van der Waals surface area contributed by atoms with Crippen LogP contribution in [0.1, 0.15) is 25.0 Å². The number of fused-ring (bicyclic) bond motifs is 1. The van der Waals surface area contributed by atoms with Crippen LogP contribution in [0.5, 0.6) is 17.2 Å². The number of ether oxygens (including phenoxy) is 3. The average molecular weight is 582 g/mol. The molecule has 0 aromatic heterocycles. The molecule has 0 bridgehead atoms. The van der Waals surface area contributed by atoms with Crippen molar-refractivity contribution in [2.45, 2.75) is 38.9 Å². The Labute approximate surface area is 240 Å². The summed E-state index contributed by atoms with van der Waals surface area (Å²) in [6.45, 7) is 3.24. The van der Waals surface area contributed by atoms with E-state index in [2.05, 4.69) is 5.32 Å². The molecule has 0 saturated carbocycles. The lowest BCUT2D eigenvalue weighted by atomic mass is 10.0. The van der Waals surface area contributed by atoms with E-state index in [0.717, 1.165) is 21.7 Å². The SMILES string of the molecule is COc1cccc(CN(C(=O)CN(c2ccc3c(c2)OCO3)S(C)(=O)=O)[C@@H](Cc2ccccc2)C(=O)NC(C)C)c1. The fraction of sp³-hybridized carbons (Fsp3) is 0.333. The van der Waals surface area contributed by atoms with Crippen molar-refractivity contribution >= 4 is 27.5 Å². The number of amides is 2. The minimum atomic E-state index is -3.90. The van der Waals surface area contributed by atoms with Crippen LogP contribution < -0.4 is 23.8 Å². The van der Waals surface area contributed by atoms with Gasteiger partial charge >= 0.3 is 0 Å². The summed E-state index contributed by atoms with van der Waals surface area (Å²) < 4.78 is 43.1. The number of rotatable bonds is 12. The molecule has 1 atom stereocenters. The van der Waals surface area contributed by atoms with Crippen molar-refractivity contribution in [3.8, 4) is 17.2 Å². The quantitative estimate of drug-likeness (QED) is 0.349. The van der Waals surface area contributed by atoms with Crippen LogP contribution >= 0.6 is 0 Å². The maximum Gasteiger partial charge on any atom is 0.244 e. The molecule has 1 heterocycles. The smallest absolute Gasteiger partial charge is 0.244 e. The molecule has 3 aromatic rings. The number of nitrogens with one attached hydrogen (secondary N) is 1. The molecule has 0 spiro atoms. The van der Waals surface area contributed by atoms with Crippen LogP contribution in [0.3, 0.4) is 0 Å². The monoisotopic (exact) mass is 581 g/mol. The minimum absolute atomic E-state index is 0.0248. The molecule has 0 radical (unpaired) electrons. The summed E-state index contributed by atoms with van der Waals surface area (Å²) in [7, 11) is -2.36. The van der Waals surface area contributed by atoms with Crippen molar-refractivity contribution in [2.75, 3.05) is 31.0 Å². The summed E-state index contributed by atoms with van der Waals surface area (Å²) in [5, 5.41) is 2.93. The third kappa shape index (κ3) is 7.69. The maximum absolute atomic E-state index is 14.1. The molecule has 1 N–H and O–H groups in total. The first-order valence-corrected chi connectivity index (χ1v) is 15.0. The van der Waals surface area contributed by atoms with Gasteiger partial charge in [-0.05, 0) is 49.2 Å². The molecule has 4 rings (SSSR count). The Balaban J connectivity index is 1.74. The van der Waals surface area contributed by atoms with E-state index in [4.69, 9.17) is 14.2 Å². The maximum atomic E-state index is 14.1. The van der Waals surface area contributed by atoms with Crippen molar-refractivity contribution in [1.29, 1.82) is 0 Å².